The van der Waals surface area contributed by atoms with Crippen molar-refractivity contribution in [2.45, 2.75) is 19.3 Å². The molecule has 0 aliphatic heterocycles. The summed E-state index contributed by atoms with van der Waals surface area (Å²) in [6.07, 6.45) is 0. The van der Waals surface area contributed by atoms with E-state index in [4.69, 9.17) is 4.42 Å². The van der Waals surface area contributed by atoms with Crippen molar-refractivity contribution in [3.05, 3.63) is 551 Å². The number of fused-ring (bicyclic) bond motifs is 21. The van der Waals surface area contributed by atoms with Crippen molar-refractivity contribution < 1.29 is 4.42 Å². The molecule has 23 aromatic carbocycles. The minimum Gasteiger partial charge on any atom is -0.456 e. The average Bonchev–Trinajstić information content (AvgIpc) is 1.57. The zero-order chi connectivity index (χ0) is 97.3. The summed E-state index contributed by atoms with van der Waals surface area (Å²) >= 11 is 0. The number of rotatable bonds is 13. The molecule has 30 rings (SSSR count). The molecule has 0 N–H and O–H groups in total. The normalized spacial score (nSPS) is 12.2. The first-order valence-corrected chi connectivity index (χ1v) is 50.7. The van der Waals surface area contributed by atoms with Crippen LogP contribution in [0.15, 0.2) is 544 Å². The second-order valence-corrected chi connectivity index (χ2v) is 39.3. The van der Waals surface area contributed by atoms with Gasteiger partial charge in [0.05, 0.1) is 55.2 Å². The Hall–Kier alpha value is -19.1. The van der Waals surface area contributed by atoms with E-state index < -0.39 is 0 Å². The predicted octanol–water partition coefficient (Wildman–Crippen LogP) is 38.1. The van der Waals surface area contributed by atoms with E-state index in [1.54, 1.807) is 0 Å². The zero-order valence-corrected chi connectivity index (χ0v) is 81.0. The largest absolute Gasteiger partial charge is 0.456 e. The van der Waals surface area contributed by atoms with E-state index in [0.29, 0.717) is 0 Å². The smallest absolute Gasteiger partial charge is 0.135 e. The Kier molecular flexibility index (Phi) is 20.6. The molecule has 6 heteroatoms. The third kappa shape index (κ3) is 14.5. The van der Waals surface area contributed by atoms with Crippen LogP contribution in [0.3, 0.4) is 0 Å². The number of hydrogen-bond acceptors (Lipinski definition) is 1. The SMILES string of the molecule is CC1(C)c2ccccc2-c2ccc(-n3c4ccccc4c4cc(-c5ccc6c(c5)c5ccccc5n6-c5cccc(-c6ccccc6)c5)ccc43)cc21.c1ccc(-c2ccc(-n3c4ccccc4c4c(-c5cccc6c5c5ccccc5n6-c5ccc(-c6ccccc6)cc5)cccc43)cc2)cc1.c1ccc(-c2cccc(-n3c4ccccc4c4ccc(-c5ccc(-c6ccc7oc8ccccc8c7c6)cc5)cc43)c2)cc1. The quantitative estimate of drug-likeness (QED) is 0.113. The molecule has 1 aliphatic rings. The first-order chi connectivity index (χ1) is 72.7. The van der Waals surface area contributed by atoms with Crippen LogP contribution in [-0.4, -0.2) is 22.8 Å². The second kappa shape index (κ2) is 35.2. The number of furan rings is 1. The van der Waals surface area contributed by atoms with E-state index >= 15 is 0 Å². The van der Waals surface area contributed by atoms with Gasteiger partial charge in [0.2, 0.25) is 0 Å². The molecule has 0 saturated heterocycles. The maximum absolute atomic E-state index is 6.05. The van der Waals surface area contributed by atoms with Crippen LogP contribution in [0.4, 0.5) is 0 Å². The van der Waals surface area contributed by atoms with Crippen molar-refractivity contribution >= 4 is 131 Å². The van der Waals surface area contributed by atoms with E-state index in [1.807, 2.05) is 12.1 Å². The highest BCUT2D eigenvalue weighted by Gasteiger charge is 2.36. The van der Waals surface area contributed by atoms with Crippen LogP contribution in [0.1, 0.15) is 25.0 Å². The zero-order valence-electron chi connectivity index (χ0n) is 81.0. The van der Waals surface area contributed by atoms with Gasteiger partial charge in [-0.15, -0.1) is 0 Å². The van der Waals surface area contributed by atoms with Crippen molar-refractivity contribution in [1.29, 1.82) is 0 Å². The summed E-state index contributed by atoms with van der Waals surface area (Å²) in [6, 6.07) is 196. The molecule has 6 heterocycles. The summed E-state index contributed by atoms with van der Waals surface area (Å²) in [6.45, 7) is 4.71. The first-order valence-electron chi connectivity index (χ1n) is 50.7. The molecular weight excluding hydrogens is 1780 g/mol. The van der Waals surface area contributed by atoms with E-state index in [-0.39, 0.29) is 5.41 Å². The molecule has 147 heavy (non-hydrogen) atoms. The topological polar surface area (TPSA) is 37.8 Å². The number of nitrogens with zero attached hydrogens (tertiary/aromatic N) is 5. The molecule has 0 bridgehead atoms. The van der Waals surface area contributed by atoms with Gasteiger partial charge in [-0.25, -0.2) is 0 Å². The van der Waals surface area contributed by atoms with Crippen LogP contribution in [0.5, 0.6) is 0 Å². The maximum Gasteiger partial charge on any atom is 0.135 e. The molecule has 6 aromatic heterocycles. The highest BCUT2D eigenvalue weighted by molar-refractivity contribution is 6.23. The summed E-state index contributed by atoms with van der Waals surface area (Å²) in [5, 5.41) is 14.9. The Morgan fingerprint density at radius 2 is 0.422 bits per heavy atom. The van der Waals surface area contributed by atoms with E-state index in [9.17, 15) is 0 Å². The average molecular weight is 1880 g/mol. The van der Waals surface area contributed by atoms with Gasteiger partial charge < -0.3 is 27.3 Å². The third-order valence-corrected chi connectivity index (χ3v) is 30.7. The van der Waals surface area contributed by atoms with Crippen LogP contribution in [0.2, 0.25) is 0 Å². The minimum atomic E-state index is -0.0552. The maximum atomic E-state index is 6.05. The standard InChI is InChI=1S/C51H36N2.C48H32N2.C42H27NO/c1-51(2)45-20-9-6-17-39(45)40-26-25-38(32-46(40)51)53-48-22-11-8-19-42(48)44-31-36(24-28-50(44)53)35-23-27-49-43(30-35)41-18-7-10-21-47(41)52(49)37-16-12-15-34(29-37)33-13-4-3-5-14-33;1-3-13-33(14-4-1)35-25-29-37(30-26-35)49-43-21-9-7-17-41(43)47-39(19-11-23-45(47)49)40-20-12-24-46-48(40)42-18-8-10-22-44(42)50(46)38-31-27-36(28-32-38)34-15-5-2-6-16-34;1-2-9-28(10-3-1)31-11-8-12-34(25-31)43-39-15-6-4-13-35(39)36-23-21-33(27-40(36)43)30-19-17-29(18-20-30)32-22-24-42-38(26-32)37-14-5-7-16-41(37)44-42/h3-32H,1-2H3;1-32H;1-27H. The molecular formula is C141H95N5O. The predicted molar refractivity (Wildman–Crippen MR) is 619 cm³/mol. The van der Waals surface area contributed by atoms with Crippen LogP contribution >= 0.6 is 0 Å². The van der Waals surface area contributed by atoms with Crippen molar-refractivity contribution in [2.24, 2.45) is 0 Å². The molecule has 0 fully saturated rings. The third-order valence-electron chi connectivity index (χ3n) is 30.7. The van der Waals surface area contributed by atoms with Crippen LogP contribution in [0, 0.1) is 0 Å². The molecule has 0 amide bonds. The molecule has 0 spiro atoms. The molecule has 0 saturated carbocycles. The molecule has 0 atom stereocenters. The van der Waals surface area contributed by atoms with Gasteiger partial charge in [-0.05, 0) is 263 Å². The number of aromatic nitrogens is 5. The fourth-order valence-corrected chi connectivity index (χ4v) is 23.7. The van der Waals surface area contributed by atoms with Gasteiger partial charge in [-0.2, -0.15) is 0 Å². The Bertz CT molecular complexity index is 10000. The highest BCUT2D eigenvalue weighted by atomic mass is 16.3. The Labute approximate surface area is 851 Å². The molecule has 29 aromatic rings. The summed E-state index contributed by atoms with van der Waals surface area (Å²) < 4.78 is 18.1. The fraction of sp³-hybridized carbons (Fsp3) is 0.0213. The van der Waals surface area contributed by atoms with Crippen LogP contribution in [-0.2, 0) is 5.41 Å². The van der Waals surface area contributed by atoms with E-state index in [0.717, 1.165) is 39.0 Å². The highest BCUT2D eigenvalue weighted by Crippen LogP contribution is 2.52. The molecule has 1 aliphatic carbocycles. The Balaban J connectivity index is 0.000000107. The summed E-state index contributed by atoms with van der Waals surface area (Å²) in [7, 11) is 0. The van der Waals surface area contributed by atoms with Gasteiger partial charge in [0.15, 0.2) is 0 Å². The molecule has 690 valence electrons. The lowest BCUT2D eigenvalue weighted by molar-refractivity contribution is 0.660. The van der Waals surface area contributed by atoms with Gasteiger partial charge in [0, 0.05) is 98.5 Å². The van der Waals surface area contributed by atoms with Gasteiger partial charge >= 0.3 is 0 Å². The van der Waals surface area contributed by atoms with Crippen molar-refractivity contribution in [3.8, 4) is 129 Å². The molecule has 0 radical (unpaired) electrons. The van der Waals surface area contributed by atoms with Crippen LogP contribution < -0.4 is 0 Å². The first kappa shape index (κ1) is 85.8. The van der Waals surface area contributed by atoms with Crippen LogP contribution in [0.25, 0.3) is 260 Å². The summed E-state index contributed by atoms with van der Waals surface area (Å²) in [4.78, 5) is 0. The van der Waals surface area contributed by atoms with Crippen molar-refractivity contribution in [1.82, 2.24) is 22.8 Å². The number of benzene rings is 23. The lowest BCUT2D eigenvalue weighted by Gasteiger charge is -2.22. The number of para-hydroxylation sites is 6. The summed E-state index contributed by atoms with van der Waals surface area (Å²) in [5.41, 5.74) is 44.6. The van der Waals surface area contributed by atoms with Gasteiger partial charge in [0.25, 0.3) is 0 Å². The summed E-state index contributed by atoms with van der Waals surface area (Å²) in [5.74, 6) is 0. The lowest BCUT2D eigenvalue weighted by atomic mass is 9.82. The monoisotopic (exact) mass is 1870 g/mol. The van der Waals surface area contributed by atoms with Gasteiger partial charge in [-0.1, -0.05) is 402 Å². The minimum absolute atomic E-state index is 0.0552. The number of hydrogen-bond donors (Lipinski definition) is 0. The second-order valence-electron chi connectivity index (χ2n) is 39.3. The van der Waals surface area contributed by atoms with Gasteiger partial charge in [-0.3, -0.25) is 0 Å². The molecule has 0 unspecified atom stereocenters. The lowest BCUT2D eigenvalue weighted by Crippen LogP contribution is -2.15. The fourth-order valence-electron chi connectivity index (χ4n) is 23.7. The van der Waals surface area contributed by atoms with E-state index in [2.05, 4.69) is 564 Å². The van der Waals surface area contributed by atoms with Crippen molar-refractivity contribution in [3.63, 3.8) is 0 Å². The van der Waals surface area contributed by atoms with Crippen molar-refractivity contribution in [2.75, 3.05) is 0 Å². The Morgan fingerprint density at radius 1 is 0.143 bits per heavy atom. The molecule has 6 nitrogen and oxygen atoms in total. The van der Waals surface area contributed by atoms with E-state index in [1.165, 1.54) is 232 Å². The Morgan fingerprint density at radius 3 is 0.918 bits per heavy atom. The van der Waals surface area contributed by atoms with Gasteiger partial charge in [0.1, 0.15) is 11.2 Å².